The Morgan fingerprint density at radius 1 is 1.12 bits per heavy atom. The number of rotatable bonds is 7. The summed E-state index contributed by atoms with van der Waals surface area (Å²) in [5, 5.41) is 23.5. The van der Waals surface area contributed by atoms with Gasteiger partial charge in [-0.3, -0.25) is 14.9 Å². The molecule has 3 aromatic rings. The number of hydrogen-bond donors (Lipinski definition) is 1. The zero-order chi connectivity index (χ0) is 24.9. The van der Waals surface area contributed by atoms with Gasteiger partial charge in [-0.05, 0) is 61.0 Å². The summed E-state index contributed by atoms with van der Waals surface area (Å²) < 4.78 is 30.1. The summed E-state index contributed by atoms with van der Waals surface area (Å²) in [7, 11) is -4.32. The number of carbonyl (C=O) groups excluding carboxylic acids is 1. The van der Waals surface area contributed by atoms with Gasteiger partial charge in [-0.1, -0.05) is 29.8 Å². The third-order valence-electron chi connectivity index (χ3n) is 4.53. The van der Waals surface area contributed by atoms with Gasteiger partial charge in [-0.25, -0.2) is 0 Å². The Morgan fingerprint density at radius 3 is 2.35 bits per heavy atom. The first-order valence-electron chi connectivity index (χ1n) is 9.57. The van der Waals surface area contributed by atoms with Crippen molar-refractivity contribution in [1.29, 1.82) is 5.26 Å². The minimum atomic E-state index is -4.32. The van der Waals surface area contributed by atoms with Crippen molar-refractivity contribution >= 4 is 45.1 Å². The maximum absolute atomic E-state index is 12.5. The number of carbonyl (C=O) groups is 1. The van der Waals surface area contributed by atoms with Gasteiger partial charge < -0.3 is 9.50 Å². The van der Waals surface area contributed by atoms with Gasteiger partial charge in [-0.15, -0.1) is 0 Å². The average molecular weight is 498 g/mol. The van der Waals surface area contributed by atoms with Crippen LogP contribution in [0.3, 0.4) is 0 Å². The first kappa shape index (κ1) is 24.4. The van der Waals surface area contributed by atoms with E-state index in [0.717, 1.165) is 6.07 Å². The molecule has 34 heavy (non-hydrogen) atoms. The summed E-state index contributed by atoms with van der Waals surface area (Å²) in [4.78, 5) is 22.4. The quantitative estimate of drug-likeness (QED) is 0.161. The number of aryl methyl sites for hydroxylation is 1. The number of nitro groups is 1. The molecule has 0 atom stereocenters. The van der Waals surface area contributed by atoms with Crippen molar-refractivity contribution in [2.45, 2.75) is 11.8 Å². The van der Waals surface area contributed by atoms with Gasteiger partial charge in [-0.2, -0.15) is 13.7 Å². The fourth-order valence-corrected chi connectivity index (χ4v) is 3.86. The Bertz CT molecular complexity index is 1430. The van der Waals surface area contributed by atoms with Crippen LogP contribution in [0.4, 0.5) is 11.4 Å². The molecule has 1 N–H and O–H groups in total. The lowest BCUT2D eigenvalue weighted by Crippen LogP contribution is -2.13. The predicted molar refractivity (Wildman–Crippen MR) is 126 cm³/mol. The second kappa shape index (κ2) is 10.2. The van der Waals surface area contributed by atoms with Gasteiger partial charge in [0.1, 0.15) is 22.3 Å². The van der Waals surface area contributed by atoms with Gasteiger partial charge in [0.25, 0.3) is 11.6 Å². The lowest BCUT2D eigenvalue weighted by molar-refractivity contribution is -0.385. The van der Waals surface area contributed by atoms with Crippen molar-refractivity contribution in [3.63, 3.8) is 0 Å². The number of nitrogens with zero attached hydrogens (tertiary/aromatic N) is 2. The molecule has 0 spiro atoms. The van der Waals surface area contributed by atoms with Crippen LogP contribution >= 0.6 is 11.6 Å². The smallest absolute Gasteiger partial charge is 0.339 e. The van der Waals surface area contributed by atoms with Crippen LogP contribution < -0.4 is 9.50 Å². The molecule has 0 aliphatic heterocycles. The van der Waals surface area contributed by atoms with E-state index < -0.39 is 20.9 Å². The molecule has 11 heteroatoms. The molecule has 0 radical (unpaired) electrons. The molecule has 0 aliphatic carbocycles. The van der Waals surface area contributed by atoms with Crippen LogP contribution in [0.1, 0.15) is 11.1 Å². The fraction of sp³-hybridized carbons (Fsp3) is 0.0435. The standard InChI is InChI=1S/C23H16ClN3O6S/c1-15-2-11-21(13-22(15)27(29)30)34(31,32)33-20-9-3-16(4-10-20)12-17(14-25)23(28)26-19-7-5-18(24)6-8-19/h2-13H,1H3,(H,26,28)/b17-12+. The number of nitro benzene ring substituents is 1. The zero-order valence-electron chi connectivity index (χ0n) is 17.6. The van der Waals surface area contributed by atoms with Gasteiger partial charge >= 0.3 is 10.1 Å². The molecule has 3 rings (SSSR count). The summed E-state index contributed by atoms with van der Waals surface area (Å²) in [6, 6.07) is 17.2. The molecular formula is C23H16ClN3O6S. The Labute approximate surface area is 200 Å². The van der Waals surface area contributed by atoms with E-state index in [1.54, 1.807) is 24.3 Å². The first-order valence-corrected chi connectivity index (χ1v) is 11.4. The number of benzene rings is 3. The van der Waals surface area contributed by atoms with Crippen LogP contribution in [0, 0.1) is 28.4 Å². The van der Waals surface area contributed by atoms with Gasteiger partial charge in [0, 0.05) is 22.3 Å². The zero-order valence-corrected chi connectivity index (χ0v) is 19.1. The first-order chi connectivity index (χ1) is 16.1. The molecule has 0 saturated carbocycles. The van der Waals surface area contributed by atoms with E-state index in [1.807, 2.05) is 6.07 Å². The Morgan fingerprint density at radius 2 is 1.76 bits per heavy atom. The lowest BCUT2D eigenvalue weighted by atomic mass is 10.1. The predicted octanol–water partition coefficient (Wildman–Crippen LogP) is 4.87. The van der Waals surface area contributed by atoms with Crippen LogP contribution in [0.2, 0.25) is 5.02 Å². The largest absolute Gasteiger partial charge is 0.379 e. The highest BCUT2D eigenvalue weighted by atomic mass is 35.5. The Hall–Kier alpha value is -4.20. The third kappa shape index (κ3) is 5.98. The second-order valence-electron chi connectivity index (χ2n) is 6.94. The topological polar surface area (TPSA) is 139 Å². The molecule has 3 aromatic carbocycles. The summed E-state index contributed by atoms with van der Waals surface area (Å²) in [5.74, 6) is -0.682. The van der Waals surface area contributed by atoms with E-state index in [1.165, 1.54) is 49.4 Å². The van der Waals surface area contributed by atoms with E-state index in [2.05, 4.69) is 5.32 Å². The number of hydrogen-bond acceptors (Lipinski definition) is 7. The molecular weight excluding hydrogens is 482 g/mol. The number of amides is 1. The molecule has 0 fully saturated rings. The van der Waals surface area contributed by atoms with Gasteiger partial charge in [0.2, 0.25) is 0 Å². The molecule has 0 aliphatic rings. The summed E-state index contributed by atoms with van der Waals surface area (Å²) >= 11 is 5.81. The average Bonchev–Trinajstić information content (AvgIpc) is 2.79. The van der Waals surface area contributed by atoms with Crippen LogP contribution in [0.25, 0.3) is 6.08 Å². The van der Waals surface area contributed by atoms with E-state index in [0.29, 0.717) is 21.8 Å². The monoisotopic (exact) mass is 497 g/mol. The van der Waals surface area contributed by atoms with Crippen molar-refractivity contribution in [3.05, 3.63) is 98.6 Å². The summed E-state index contributed by atoms with van der Waals surface area (Å²) in [5.41, 5.74) is 0.696. The van der Waals surface area contributed by atoms with Crippen LogP contribution in [0.5, 0.6) is 5.75 Å². The maximum Gasteiger partial charge on any atom is 0.339 e. The minimum absolute atomic E-state index is 0.0514. The molecule has 172 valence electrons. The molecule has 0 saturated heterocycles. The second-order valence-corrected chi connectivity index (χ2v) is 8.93. The third-order valence-corrected chi connectivity index (χ3v) is 6.03. The highest BCUT2D eigenvalue weighted by molar-refractivity contribution is 7.87. The van der Waals surface area contributed by atoms with E-state index in [-0.39, 0.29) is 21.9 Å². The number of halogens is 1. The van der Waals surface area contributed by atoms with E-state index in [4.69, 9.17) is 15.8 Å². The van der Waals surface area contributed by atoms with Crippen molar-refractivity contribution in [3.8, 4) is 11.8 Å². The molecule has 0 heterocycles. The van der Waals surface area contributed by atoms with Crippen LogP contribution in [0.15, 0.2) is 77.2 Å². The molecule has 0 bridgehead atoms. The number of nitrogens with one attached hydrogen (secondary N) is 1. The van der Waals surface area contributed by atoms with Gasteiger partial charge in [0.15, 0.2) is 0 Å². The highest BCUT2D eigenvalue weighted by Crippen LogP contribution is 2.25. The van der Waals surface area contributed by atoms with E-state index in [9.17, 15) is 28.6 Å². The van der Waals surface area contributed by atoms with Crippen molar-refractivity contribution < 1.29 is 22.3 Å². The van der Waals surface area contributed by atoms with E-state index >= 15 is 0 Å². The normalized spacial score (nSPS) is 11.4. The van der Waals surface area contributed by atoms with Crippen molar-refractivity contribution in [2.75, 3.05) is 5.32 Å². The summed E-state index contributed by atoms with van der Waals surface area (Å²) in [6.45, 7) is 1.49. The Kier molecular flexibility index (Phi) is 7.31. The maximum atomic E-state index is 12.5. The number of nitriles is 1. The van der Waals surface area contributed by atoms with Crippen molar-refractivity contribution in [2.24, 2.45) is 0 Å². The van der Waals surface area contributed by atoms with Crippen LogP contribution in [-0.2, 0) is 14.9 Å². The highest BCUT2D eigenvalue weighted by Gasteiger charge is 2.21. The lowest BCUT2D eigenvalue weighted by Gasteiger charge is -2.08. The molecule has 9 nitrogen and oxygen atoms in total. The van der Waals surface area contributed by atoms with Crippen LogP contribution in [-0.4, -0.2) is 19.2 Å². The fourth-order valence-electron chi connectivity index (χ4n) is 2.78. The minimum Gasteiger partial charge on any atom is -0.379 e. The Balaban J connectivity index is 1.76. The molecule has 0 aromatic heterocycles. The van der Waals surface area contributed by atoms with Crippen molar-refractivity contribution in [1.82, 2.24) is 0 Å². The molecule has 0 unspecified atom stereocenters. The number of anilines is 1. The SMILES string of the molecule is Cc1ccc(S(=O)(=O)Oc2ccc(/C=C(\C#N)C(=O)Nc3ccc(Cl)cc3)cc2)cc1[N+](=O)[O-]. The molecule has 1 amide bonds. The summed E-state index contributed by atoms with van der Waals surface area (Å²) in [6.07, 6.45) is 1.33. The van der Waals surface area contributed by atoms with Gasteiger partial charge in [0.05, 0.1) is 4.92 Å².